The van der Waals surface area contributed by atoms with E-state index in [9.17, 15) is 18.0 Å². The Balaban J connectivity index is 1.89. The van der Waals surface area contributed by atoms with Crippen LogP contribution in [0.5, 0.6) is 5.75 Å². The molecule has 1 aliphatic rings. The van der Waals surface area contributed by atoms with E-state index < -0.39 is 16.0 Å². The average molecular weight is 475 g/mol. The van der Waals surface area contributed by atoms with Crippen LogP contribution < -0.4 is 9.46 Å². The van der Waals surface area contributed by atoms with Crippen molar-refractivity contribution in [3.63, 3.8) is 0 Å². The molecule has 1 fully saturated rings. The van der Waals surface area contributed by atoms with Gasteiger partial charge in [-0.15, -0.1) is 0 Å². The van der Waals surface area contributed by atoms with Crippen LogP contribution in [0.1, 0.15) is 48.0 Å². The van der Waals surface area contributed by atoms with Crippen LogP contribution >= 0.6 is 0 Å². The van der Waals surface area contributed by atoms with Crippen molar-refractivity contribution in [2.24, 2.45) is 0 Å². The Morgan fingerprint density at radius 3 is 2.39 bits per heavy atom. The van der Waals surface area contributed by atoms with Crippen molar-refractivity contribution < 1.29 is 27.5 Å². The Kier molecular flexibility index (Phi) is 8.46. The molecule has 2 aromatic carbocycles. The first-order valence-electron chi connectivity index (χ1n) is 10.9. The van der Waals surface area contributed by atoms with Gasteiger partial charge in [-0.3, -0.25) is 9.59 Å². The zero-order chi connectivity index (χ0) is 23.8. The van der Waals surface area contributed by atoms with Gasteiger partial charge in [-0.25, -0.2) is 13.1 Å². The quantitative estimate of drug-likeness (QED) is 0.531. The minimum atomic E-state index is -3.88. The summed E-state index contributed by atoms with van der Waals surface area (Å²) in [5.41, 5.74) is 1.09. The highest BCUT2D eigenvalue weighted by Crippen LogP contribution is 2.28. The number of amides is 1. The van der Waals surface area contributed by atoms with E-state index in [1.807, 2.05) is 30.3 Å². The third kappa shape index (κ3) is 6.55. The zero-order valence-electron chi connectivity index (χ0n) is 19.0. The fourth-order valence-electron chi connectivity index (χ4n) is 3.91. The van der Waals surface area contributed by atoms with Crippen LogP contribution in [0.25, 0.3) is 0 Å². The van der Waals surface area contributed by atoms with Gasteiger partial charge in [0.05, 0.1) is 20.6 Å². The molecular formula is C24H30N2O6S. The highest BCUT2D eigenvalue weighted by molar-refractivity contribution is 7.89. The predicted molar refractivity (Wildman–Crippen MR) is 123 cm³/mol. The molecule has 0 aromatic heterocycles. The second-order valence-electron chi connectivity index (χ2n) is 8.01. The summed E-state index contributed by atoms with van der Waals surface area (Å²) in [5.74, 6) is -0.649. The number of carbonyl (C=O) groups excluding carboxylic acids is 2. The molecule has 0 aliphatic heterocycles. The summed E-state index contributed by atoms with van der Waals surface area (Å²) in [4.78, 5) is 26.5. The maximum Gasteiger partial charge on any atom is 0.307 e. The van der Waals surface area contributed by atoms with Crippen LogP contribution in [0.3, 0.4) is 0 Å². The smallest absolute Gasteiger partial charge is 0.307 e. The lowest BCUT2D eigenvalue weighted by molar-refractivity contribution is -0.140. The molecule has 0 spiro atoms. The van der Waals surface area contributed by atoms with Crippen LogP contribution in [-0.2, 0) is 26.1 Å². The largest absolute Gasteiger partial charge is 0.495 e. The minimum absolute atomic E-state index is 0.0274. The maximum absolute atomic E-state index is 13.4. The van der Waals surface area contributed by atoms with Crippen LogP contribution in [-0.4, -0.2) is 52.0 Å². The summed E-state index contributed by atoms with van der Waals surface area (Å²) in [5, 5.41) is 0. The molecule has 1 aliphatic carbocycles. The third-order valence-electron chi connectivity index (χ3n) is 5.69. The number of benzene rings is 2. The summed E-state index contributed by atoms with van der Waals surface area (Å²) in [6, 6.07) is 13.6. The summed E-state index contributed by atoms with van der Waals surface area (Å²) >= 11 is 0. The van der Waals surface area contributed by atoms with Gasteiger partial charge in [0.2, 0.25) is 10.0 Å². The van der Waals surface area contributed by atoms with E-state index >= 15 is 0 Å². The Hall–Kier alpha value is -2.91. The van der Waals surface area contributed by atoms with Gasteiger partial charge in [0.1, 0.15) is 10.6 Å². The number of ether oxygens (including phenoxy) is 2. The maximum atomic E-state index is 13.4. The number of rotatable bonds is 10. The average Bonchev–Trinajstić information content (AvgIpc) is 3.33. The fourth-order valence-corrected chi connectivity index (χ4v) is 5.41. The van der Waals surface area contributed by atoms with Crippen molar-refractivity contribution in [1.29, 1.82) is 0 Å². The van der Waals surface area contributed by atoms with E-state index in [-0.39, 0.29) is 47.7 Å². The number of carbonyl (C=O) groups is 2. The molecule has 0 unspecified atom stereocenters. The van der Waals surface area contributed by atoms with Gasteiger partial charge >= 0.3 is 5.97 Å². The van der Waals surface area contributed by atoms with Gasteiger partial charge in [-0.1, -0.05) is 43.2 Å². The second kappa shape index (κ2) is 11.3. The molecule has 0 radical (unpaired) electrons. The van der Waals surface area contributed by atoms with Gasteiger partial charge in [0, 0.05) is 24.7 Å². The molecule has 1 amide bonds. The lowest BCUT2D eigenvalue weighted by Crippen LogP contribution is -2.34. The number of hydrogen-bond donors (Lipinski definition) is 1. The van der Waals surface area contributed by atoms with Crippen molar-refractivity contribution in [2.45, 2.75) is 49.6 Å². The van der Waals surface area contributed by atoms with Gasteiger partial charge < -0.3 is 14.4 Å². The number of methoxy groups -OCH3 is 2. The Morgan fingerprint density at radius 1 is 1.06 bits per heavy atom. The fraction of sp³-hybridized carbons (Fsp3) is 0.417. The molecule has 8 nitrogen and oxygen atoms in total. The molecular weight excluding hydrogens is 444 g/mol. The molecule has 33 heavy (non-hydrogen) atoms. The van der Waals surface area contributed by atoms with Crippen molar-refractivity contribution in [2.75, 3.05) is 20.8 Å². The van der Waals surface area contributed by atoms with E-state index in [0.29, 0.717) is 0 Å². The summed E-state index contributed by atoms with van der Waals surface area (Å²) < 4.78 is 38.9. The molecule has 2 aromatic rings. The lowest BCUT2D eigenvalue weighted by atomic mass is 10.1. The van der Waals surface area contributed by atoms with Crippen molar-refractivity contribution in [1.82, 2.24) is 9.62 Å². The van der Waals surface area contributed by atoms with Crippen molar-refractivity contribution in [3.8, 4) is 5.75 Å². The number of sulfonamides is 1. The predicted octanol–water partition coefficient (Wildman–Crippen LogP) is 3.12. The number of nitrogens with one attached hydrogen (secondary N) is 1. The summed E-state index contributed by atoms with van der Waals surface area (Å²) in [6.07, 6.45) is 3.58. The van der Waals surface area contributed by atoms with Crippen molar-refractivity contribution >= 4 is 21.9 Å². The molecule has 0 saturated heterocycles. The first-order chi connectivity index (χ1) is 15.8. The molecule has 9 heteroatoms. The molecule has 0 heterocycles. The van der Waals surface area contributed by atoms with Gasteiger partial charge in [0.15, 0.2) is 0 Å². The highest BCUT2D eigenvalue weighted by Gasteiger charge is 2.27. The highest BCUT2D eigenvalue weighted by atomic mass is 32.2. The van der Waals surface area contributed by atoms with Gasteiger partial charge in [-0.2, -0.15) is 0 Å². The Labute approximate surface area is 194 Å². The second-order valence-corrected chi connectivity index (χ2v) is 9.69. The summed E-state index contributed by atoms with van der Waals surface area (Å²) in [7, 11) is -1.19. The van der Waals surface area contributed by atoms with E-state index in [0.717, 1.165) is 31.2 Å². The first kappa shape index (κ1) is 24.7. The van der Waals surface area contributed by atoms with Crippen LogP contribution in [0, 0.1) is 0 Å². The topological polar surface area (TPSA) is 102 Å². The Morgan fingerprint density at radius 2 is 1.76 bits per heavy atom. The van der Waals surface area contributed by atoms with Gasteiger partial charge in [-0.05, 0) is 36.6 Å². The van der Waals surface area contributed by atoms with Crippen molar-refractivity contribution in [3.05, 3.63) is 59.7 Å². The SMILES string of the molecule is COC(=O)CCN(Cc1ccccc1)C(=O)c1ccc(OC)c(S(=O)(=O)NC2CCCC2)c1. The first-order valence-corrected chi connectivity index (χ1v) is 12.4. The number of nitrogens with zero attached hydrogens (tertiary/aromatic N) is 1. The lowest BCUT2D eigenvalue weighted by Gasteiger charge is -2.23. The normalized spacial score (nSPS) is 14.1. The molecule has 1 saturated carbocycles. The van der Waals surface area contributed by atoms with Crippen LogP contribution in [0.4, 0.5) is 0 Å². The summed E-state index contributed by atoms with van der Waals surface area (Å²) in [6.45, 7) is 0.403. The Bertz CT molecular complexity index is 1070. The third-order valence-corrected chi connectivity index (χ3v) is 7.24. The number of esters is 1. The standard InChI is InChI=1S/C24H30N2O6S/c1-31-21-13-12-19(16-22(21)33(29,30)25-20-10-6-7-11-20)24(28)26(15-14-23(27)32-2)17-18-8-4-3-5-9-18/h3-5,8-9,12-13,16,20,25H,6-7,10-11,14-15,17H2,1-2H3. The molecule has 0 atom stereocenters. The monoisotopic (exact) mass is 474 g/mol. The minimum Gasteiger partial charge on any atom is -0.495 e. The number of hydrogen-bond acceptors (Lipinski definition) is 6. The van der Waals surface area contributed by atoms with E-state index in [1.165, 1.54) is 37.3 Å². The van der Waals surface area contributed by atoms with E-state index in [4.69, 9.17) is 9.47 Å². The molecule has 3 rings (SSSR count). The van der Waals surface area contributed by atoms with Crippen LogP contribution in [0.2, 0.25) is 0 Å². The van der Waals surface area contributed by atoms with Gasteiger partial charge in [0.25, 0.3) is 5.91 Å². The zero-order valence-corrected chi connectivity index (χ0v) is 19.8. The molecule has 0 bridgehead atoms. The molecule has 1 N–H and O–H groups in total. The van der Waals surface area contributed by atoms with E-state index in [2.05, 4.69) is 4.72 Å². The molecule has 178 valence electrons. The van der Waals surface area contributed by atoms with Crippen LogP contribution in [0.15, 0.2) is 53.4 Å². The van der Waals surface area contributed by atoms with E-state index in [1.54, 1.807) is 0 Å².